The van der Waals surface area contributed by atoms with Gasteiger partial charge in [0, 0.05) is 0 Å². The minimum Gasteiger partial charge on any atom is -0.346 e. The fourth-order valence-electron chi connectivity index (χ4n) is 1.09. The molecule has 0 saturated carbocycles. The summed E-state index contributed by atoms with van der Waals surface area (Å²) in [5, 5.41) is 16.9. The summed E-state index contributed by atoms with van der Waals surface area (Å²) in [7, 11) is 0. The Morgan fingerprint density at radius 3 is 2.08 bits per heavy atom. The van der Waals surface area contributed by atoms with Crippen LogP contribution in [0.5, 0.6) is 0 Å². The summed E-state index contributed by atoms with van der Waals surface area (Å²) in [4.78, 5) is 0. The maximum Gasteiger partial charge on any atom is 0.266 e. The zero-order valence-corrected chi connectivity index (χ0v) is 8.16. The highest BCUT2D eigenvalue weighted by atomic mass is 16.7. The van der Waals surface area contributed by atoms with E-state index < -0.39 is 6.48 Å². The van der Waals surface area contributed by atoms with Crippen LogP contribution >= 0.6 is 0 Å². The van der Waals surface area contributed by atoms with Gasteiger partial charge in [-0.2, -0.15) is 0 Å². The summed E-state index contributed by atoms with van der Waals surface area (Å²) in [5.41, 5.74) is 0. The second kappa shape index (κ2) is 6.40. The molecule has 0 aromatic carbocycles. The normalized spacial score (nSPS) is 14.2. The Kier molecular flexibility index (Phi) is 6.34. The molecule has 0 saturated heterocycles. The van der Waals surface area contributed by atoms with Gasteiger partial charge in [0.2, 0.25) is 0 Å². The standard InChI is InChI=1S/C9H20O3/c1-7(2)5-4-6-8(3)12-9(10)11/h7-11H,4-6H2,1-3H3. The second-order valence-electron chi connectivity index (χ2n) is 3.60. The molecular weight excluding hydrogens is 156 g/mol. The minimum atomic E-state index is -1.63. The van der Waals surface area contributed by atoms with Gasteiger partial charge >= 0.3 is 0 Å². The molecule has 0 aliphatic carbocycles. The Bertz CT molecular complexity index is 102. The average molecular weight is 176 g/mol. The largest absolute Gasteiger partial charge is 0.346 e. The van der Waals surface area contributed by atoms with Crippen LogP contribution in [-0.2, 0) is 4.74 Å². The molecule has 2 N–H and O–H groups in total. The summed E-state index contributed by atoms with van der Waals surface area (Å²) >= 11 is 0. The molecule has 0 heterocycles. The Morgan fingerprint density at radius 1 is 1.08 bits per heavy atom. The van der Waals surface area contributed by atoms with Crippen molar-refractivity contribution in [3.63, 3.8) is 0 Å². The third kappa shape index (κ3) is 7.98. The number of aliphatic hydroxyl groups excluding tert-OH is 1. The van der Waals surface area contributed by atoms with E-state index in [1.165, 1.54) is 0 Å². The summed E-state index contributed by atoms with van der Waals surface area (Å²) in [5.74, 6) is 0.705. The summed E-state index contributed by atoms with van der Waals surface area (Å²) in [6, 6.07) is 0. The molecule has 1 unspecified atom stereocenters. The molecule has 0 aromatic rings. The first-order valence-electron chi connectivity index (χ1n) is 4.54. The number of ether oxygens (including phenoxy) is 1. The lowest BCUT2D eigenvalue weighted by molar-refractivity contribution is -0.253. The minimum absolute atomic E-state index is 0.0660. The van der Waals surface area contributed by atoms with Crippen molar-refractivity contribution in [2.24, 2.45) is 5.92 Å². The van der Waals surface area contributed by atoms with Gasteiger partial charge in [-0.3, -0.25) is 0 Å². The highest BCUT2D eigenvalue weighted by Gasteiger charge is 2.06. The molecule has 74 valence electrons. The SMILES string of the molecule is CC(C)CCCC(C)OC(O)O. The molecule has 0 aliphatic heterocycles. The molecule has 0 spiro atoms. The molecule has 0 radical (unpaired) electrons. The van der Waals surface area contributed by atoms with Gasteiger partial charge in [-0.25, -0.2) is 0 Å². The van der Waals surface area contributed by atoms with E-state index in [2.05, 4.69) is 13.8 Å². The molecule has 3 nitrogen and oxygen atoms in total. The highest BCUT2D eigenvalue weighted by molar-refractivity contribution is 4.52. The maximum absolute atomic E-state index is 8.46. The van der Waals surface area contributed by atoms with Gasteiger partial charge in [0.05, 0.1) is 6.10 Å². The van der Waals surface area contributed by atoms with Crippen LogP contribution in [0.25, 0.3) is 0 Å². The van der Waals surface area contributed by atoms with Crippen molar-refractivity contribution in [3.8, 4) is 0 Å². The van der Waals surface area contributed by atoms with Crippen LogP contribution in [0, 0.1) is 5.92 Å². The monoisotopic (exact) mass is 176 g/mol. The van der Waals surface area contributed by atoms with Crippen molar-refractivity contribution < 1.29 is 14.9 Å². The van der Waals surface area contributed by atoms with Gasteiger partial charge in [0.25, 0.3) is 6.48 Å². The summed E-state index contributed by atoms with van der Waals surface area (Å²) in [6.45, 7) is 4.57. The van der Waals surface area contributed by atoms with E-state index >= 15 is 0 Å². The second-order valence-corrected chi connectivity index (χ2v) is 3.60. The quantitative estimate of drug-likeness (QED) is 0.603. The van der Waals surface area contributed by atoms with Crippen LogP contribution in [0.2, 0.25) is 0 Å². The van der Waals surface area contributed by atoms with Crippen LogP contribution in [0.15, 0.2) is 0 Å². The number of hydrogen-bond acceptors (Lipinski definition) is 3. The molecule has 0 amide bonds. The first-order chi connectivity index (χ1) is 5.52. The van der Waals surface area contributed by atoms with Crippen LogP contribution in [0.3, 0.4) is 0 Å². The topological polar surface area (TPSA) is 49.7 Å². The molecule has 3 heteroatoms. The van der Waals surface area contributed by atoms with E-state index in [0.29, 0.717) is 5.92 Å². The third-order valence-corrected chi connectivity index (χ3v) is 1.75. The first-order valence-corrected chi connectivity index (χ1v) is 4.54. The van der Waals surface area contributed by atoms with E-state index in [-0.39, 0.29) is 6.10 Å². The number of aliphatic hydroxyl groups is 2. The van der Waals surface area contributed by atoms with E-state index in [1.807, 2.05) is 6.92 Å². The van der Waals surface area contributed by atoms with Gasteiger partial charge in [-0.1, -0.05) is 26.7 Å². The molecule has 0 aromatic heterocycles. The van der Waals surface area contributed by atoms with Crippen molar-refractivity contribution in [1.82, 2.24) is 0 Å². The van der Waals surface area contributed by atoms with Crippen LogP contribution < -0.4 is 0 Å². The van der Waals surface area contributed by atoms with E-state index in [4.69, 9.17) is 14.9 Å². The van der Waals surface area contributed by atoms with Gasteiger partial charge < -0.3 is 14.9 Å². The fraction of sp³-hybridized carbons (Fsp3) is 1.00. The summed E-state index contributed by atoms with van der Waals surface area (Å²) in [6.07, 6.45) is 3.06. The lowest BCUT2D eigenvalue weighted by Gasteiger charge is -2.14. The van der Waals surface area contributed by atoms with Gasteiger partial charge in [-0.15, -0.1) is 0 Å². The van der Waals surface area contributed by atoms with Gasteiger partial charge in [0.15, 0.2) is 0 Å². The number of hydrogen-bond donors (Lipinski definition) is 2. The van der Waals surface area contributed by atoms with Gasteiger partial charge in [-0.05, 0) is 19.3 Å². The Hall–Kier alpha value is -0.120. The van der Waals surface area contributed by atoms with Crippen molar-refractivity contribution in [2.45, 2.75) is 52.6 Å². The van der Waals surface area contributed by atoms with E-state index in [9.17, 15) is 0 Å². The van der Waals surface area contributed by atoms with E-state index in [1.54, 1.807) is 0 Å². The van der Waals surface area contributed by atoms with Gasteiger partial charge in [0.1, 0.15) is 0 Å². The van der Waals surface area contributed by atoms with Crippen molar-refractivity contribution in [2.75, 3.05) is 0 Å². The zero-order valence-electron chi connectivity index (χ0n) is 8.16. The maximum atomic E-state index is 8.46. The molecule has 12 heavy (non-hydrogen) atoms. The van der Waals surface area contributed by atoms with E-state index in [0.717, 1.165) is 19.3 Å². The average Bonchev–Trinajstić information content (AvgIpc) is 1.84. The molecular formula is C9H20O3. The molecule has 0 rings (SSSR count). The smallest absolute Gasteiger partial charge is 0.266 e. The lowest BCUT2D eigenvalue weighted by atomic mass is 10.0. The zero-order chi connectivity index (χ0) is 9.56. The fourth-order valence-corrected chi connectivity index (χ4v) is 1.09. The predicted molar refractivity (Wildman–Crippen MR) is 47.5 cm³/mol. The summed E-state index contributed by atoms with van der Waals surface area (Å²) < 4.78 is 4.74. The lowest BCUT2D eigenvalue weighted by Crippen LogP contribution is -2.18. The molecule has 0 fully saturated rings. The molecule has 0 bridgehead atoms. The van der Waals surface area contributed by atoms with Crippen LogP contribution in [0.1, 0.15) is 40.0 Å². The van der Waals surface area contributed by atoms with Crippen LogP contribution in [0.4, 0.5) is 0 Å². The Morgan fingerprint density at radius 2 is 1.67 bits per heavy atom. The van der Waals surface area contributed by atoms with Crippen molar-refractivity contribution in [1.29, 1.82) is 0 Å². The third-order valence-electron chi connectivity index (χ3n) is 1.75. The van der Waals surface area contributed by atoms with Crippen molar-refractivity contribution in [3.05, 3.63) is 0 Å². The van der Waals surface area contributed by atoms with Crippen LogP contribution in [-0.4, -0.2) is 22.8 Å². The highest BCUT2D eigenvalue weighted by Crippen LogP contribution is 2.10. The molecule has 0 aliphatic rings. The Balaban J connectivity index is 3.25. The van der Waals surface area contributed by atoms with Crippen molar-refractivity contribution >= 4 is 0 Å². The molecule has 1 atom stereocenters. The Labute approximate surface area is 74.4 Å². The first kappa shape index (κ1) is 11.9. The number of rotatable bonds is 6. The predicted octanol–water partition coefficient (Wildman–Crippen LogP) is 1.49.